The van der Waals surface area contributed by atoms with Crippen LogP contribution in [0.3, 0.4) is 0 Å². The number of ether oxygens (including phenoxy) is 1. The molecule has 2 aromatic rings. The number of benzene rings is 2. The molecule has 0 aromatic heterocycles. The highest BCUT2D eigenvalue weighted by Gasteiger charge is 2.54. The van der Waals surface area contributed by atoms with Crippen LogP contribution in [0.4, 0.5) is 13.2 Å². The molecular formula is C23H27F3N2O4. The number of alkyl halides is 3. The summed E-state index contributed by atoms with van der Waals surface area (Å²) in [7, 11) is 0. The molecule has 0 bridgehead atoms. The molecule has 2 aromatic carbocycles. The van der Waals surface area contributed by atoms with Crippen molar-refractivity contribution >= 4 is 11.8 Å². The molecule has 0 spiro atoms. The van der Waals surface area contributed by atoms with E-state index in [9.17, 15) is 27.9 Å². The Morgan fingerprint density at radius 2 is 1.66 bits per heavy atom. The Hall–Kier alpha value is -3.07. The first-order valence-electron chi connectivity index (χ1n) is 10.3. The van der Waals surface area contributed by atoms with Crippen molar-refractivity contribution < 1.29 is 32.6 Å². The number of carbonyl (C=O) groups excluding carboxylic acids is 2. The Morgan fingerprint density at radius 1 is 1.00 bits per heavy atom. The molecule has 6 nitrogen and oxygen atoms in total. The highest BCUT2D eigenvalue weighted by atomic mass is 19.4. The quantitative estimate of drug-likeness (QED) is 0.455. The molecule has 0 fully saturated rings. The summed E-state index contributed by atoms with van der Waals surface area (Å²) in [5, 5.41) is 14.9. The third-order valence-electron chi connectivity index (χ3n) is 4.82. The third-order valence-corrected chi connectivity index (χ3v) is 4.82. The van der Waals surface area contributed by atoms with Gasteiger partial charge in [0.25, 0.3) is 5.91 Å². The van der Waals surface area contributed by atoms with E-state index in [1.807, 2.05) is 6.92 Å². The minimum absolute atomic E-state index is 0.308. The summed E-state index contributed by atoms with van der Waals surface area (Å²) in [6.45, 7) is 1.79. The lowest BCUT2D eigenvalue weighted by molar-refractivity contribution is -0.268. The van der Waals surface area contributed by atoms with E-state index in [4.69, 9.17) is 4.74 Å². The normalized spacial score (nSPS) is 13.2. The van der Waals surface area contributed by atoms with Gasteiger partial charge >= 0.3 is 6.18 Å². The molecule has 0 aliphatic rings. The van der Waals surface area contributed by atoms with Crippen molar-refractivity contribution in [3.05, 3.63) is 65.7 Å². The number of aliphatic hydroxyl groups is 1. The van der Waals surface area contributed by atoms with Crippen LogP contribution in [0.15, 0.2) is 54.6 Å². The van der Waals surface area contributed by atoms with Crippen LogP contribution >= 0.6 is 0 Å². The summed E-state index contributed by atoms with van der Waals surface area (Å²) in [5.41, 5.74) is -3.08. The molecule has 3 N–H and O–H groups in total. The number of unbranched alkanes of at least 4 members (excludes halogenated alkanes) is 1. The molecule has 0 saturated carbocycles. The van der Waals surface area contributed by atoms with Gasteiger partial charge in [-0.15, -0.1) is 0 Å². The van der Waals surface area contributed by atoms with E-state index >= 15 is 0 Å². The average molecular weight is 452 g/mol. The lowest BCUT2D eigenvalue weighted by Crippen LogP contribution is -2.46. The Labute approximate surface area is 184 Å². The van der Waals surface area contributed by atoms with E-state index in [-0.39, 0.29) is 5.56 Å². The standard InChI is InChI=1S/C23H27F3N2O4/c1-2-3-15-32-19-11-9-17(10-12-19)21(30)28-16-20(29)27-14-13-22(31,23(24,25)26)18-7-5-4-6-8-18/h4-12,31H,2-3,13-16H2,1H3,(H,27,29)(H,28,30). The fourth-order valence-electron chi connectivity index (χ4n) is 2.91. The Morgan fingerprint density at radius 3 is 2.25 bits per heavy atom. The lowest BCUT2D eigenvalue weighted by Gasteiger charge is -2.31. The zero-order valence-electron chi connectivity index (χ0n) is 17.7. The first-order chi connectivity index (χ1) is 15.2. The van der Waals surface area contributed by atoms with Gasteiger partial charge in [-0.05, 0) is 36.2 Å². The van der Waals surface area contributed by atoms with E-state index in [0.29, 0.717) is 17.9 Å². The van der Waals surface area contributed by atoms with Gasteiger partial charge in [0.1, 0.15) is 5.75 Å². The van der Waals surface area contributed by atoms with Crippen molar-refractivity contribution in [2.24, 2.45) is 0 Å². The van der Waals surface area contributed by atoms with Gasteiger partial charge in [-0.2, -0.15) is 13.2 Å². The van der Waals surface area contributed by atoms with Crippen LogP contribution in [0.1, 0.15) is 42.1 Å². The summed E-state index contributed by atoms with van der Waals surface area (Å²) in [6.07, 6.45) is -3.76. The van der Waals surface area contributed by atoms with Crippen molar-refractivity contribution in [3.8, 4) is 5.75 Å². The van der Waals surface area contributed by atoms with Crippen LogP contribution in [0, 0.1) is 0 Å². The van der Waals surface area contributed by atoms with E-state index < -0.39 is 43.1 Å². The zero-order valence-corrected chi connectivity index (χ0v) is 17.7. The van der Waals surface area contributed by atoms with Gasteiger partial charge in [0.2, 0.25) is 5.91 Å². The first-order valence-corrected chi connectivity index (χ1v) is 10.3. The number of nitrogens with one attached hydrogen (secondary N) is 2. The Bertz CT molecular complexity index is 873. The number of carbonyl (C=O) groups is 2. The minimum atomic E-state index is -4.92. The van der Waals surface area contributed by atoms with E-state index in [0.717, 1.165) is 12.8 Å². The second-order valence-corrected chi connectivity index (χ2v) is 7.23. The van der Waals surface area contributed by atoms with Crippen LogP contribution in [-0.4, -0.2) is 42.8 Å². The molecule has 1 unspecified atom stereocenters. The highest BCUT2D eigenvalue weighted by Crippen LogP contribution is 2.41. The number of hydrogen-bond acceptors (Lipinski definition) is 4. The van der Waals surface area contributed by atoms with E-state index in [1.54, 1.807) is 24.3 Å². The maximum absolute atomic E-state index is 13.4. The van der Waals surface area contributed by atoms with Gasteiger partial charge < -0.3 is 20.5 Å². The van der Waals surface area contributed by atoms with Crippen molar-refractivity contribution in [1.82, 2.24) is 10.6 Å². The Balaban J connectivity index is 1.82. The van der Waals surface area contributed by atoms with Gasteiger partial charge in [-0.3, -0.25) is 9.59 Å². The number of hydrogen-bond donors (Lipinski definition) is 3. The molecule has 0 radical (unpaired) electrons. The monoisotopic (exact) mass is 452 g/mol. The van der Waals surface area contributed by atoms with Crippen LogP contribution in [-0.2, 0) is 10.4 Å². The summed E-state index contributed by atoms with van der Waals surface area (Å²) < 4.78 is 45.8. The van der Waals surface area contributed by atoms with Crippen molar-refractivity contribution in [2.45, 2.75) is 38.0 Å². The summed E-state index contributed by atoms with van der Waals surface area (Å²) in [5.74, 6) is -0.546. The maximum Gasteiger partial charge on any atom is 0.421 e. The summed E-state index contributed by atoms with van der Waals surface area (Å²) in [6, 6.07) is 13.1. The van der Waals surface area contributed by atoms with Gasteiger partial charge in [-0.25, -0.2) is 0 Å². The number of rotatable bonds is 11. The Kier molecular flexibility index (Phi) is 9.07. The number of amides is 2. The van der Waals surface area contributed by atoms with Crippen LogP contribution in [0.5, 0.6) is 5.75 Å². The molecule has 0 aliphatic carbocycles. The minimum Gasteiger partial charge on any atom is -0.494 e. The first kappa shape index (κ1) is 25.2. The van der Waals surface area contributed by atoms with Crippen LogP contribution < -0.4 is 15.4 Å². The zero-order chi connectivity index (χ0) is 23.6. The SMILES string of the molecule is CCCCOc1ccc(C(=O)NCC(=O)NCCC(O)(c2ccccc2)C(F)(F)F)cc1. The van der Waals surface area contributed by atoms with Gasteiger partial charge in [0.05, 0.1) is 13.2 Å². The molecule has 0 saturated heterocycles. The highest BCUT2D eigenvalue weighted by molar-refractivity contribution is 5.96. The van der Waals surface area contributed by atoms with Crippen molar-refractivity contribution in [1.29, 1.82) is 0 Å². The van der Waals surface area contributed by atoms with Crippen molar-refractivity contribution in [3.63, 3.8) is 0 Å². The predicted octanol–water partition coefficient (Wildman–Crippen LogP) is 3.55. The van der Waals surface area contributed by atoms with E-state index in [1.165, 1.54) is 30.3 Å². The number of halogens is 3. The fourth-order valence-corrected chi connectivity index (χ4v) is 2.91. The van der Waals surface area contributed by atoms with E-state index in [2.05, 4.69) is 10.6 Å². The van der Waals surface area contributed by atoms with Crippen LogP contribution in [0.2, 0.25) is 0 Å². The molecule has 0 aliphatic heterocycles. The van der Waals surface area contributed by atoms with Gasteiger partial charge in [0.15, 0.2) is 5.60 Å². The molecule has 9 heteroatoms. The average Bonchev–Trinajstić information content (AvgIpc) is 2.78. The van der Waals surface area contributed by atoms with Crippen LogP contribution in [0.25, 0.3) is 0 Å². The largest absolute Gasteiger partial charge is 0.494 e. The molecule has 32 heavy (non-hydrogen) atoms. The van der Waals surface area contributed by atoms with Gasteiger partial charge in [0, 0.05) is 18.5 Å². The smallest absolute Gasteiger partial charge is 0.421 e. The maximum atomic E-state index is 13.4. The topological polar surface area (TPSA) is 87.7 Å². The molecule has 174 valence electrons. The second kappa shape index (κ2) is 11.5. The summed E-state index contributed by atoms with van der Waals surface area (Å²) in [4.78, 5) is 24.1. The third kappa shape index (κ3) is 6.98. The molecule has 2 rings (SSSR count). The molecule has 2 amide bonds. The molecular weight excluding hydrogens is 425 g/mol. The van der Waals surface area contributed by atoms with Crippen molar-refractivity contribution in [2.75, 3.05) is 19.7 Å². The predicted molar refractivity (Wildman–Crippen MR) is 113 cm³/mol. The second-order valence-electron chi connectivity index (χ2n) is 7.23. The lowest BCUT2D eigenvalue weighted by atomic mass is 9.89. The molecule has 1 atom stereocenters. The van der Waals surface area contributed by atoms with Gasteiger partial charge in [-0.1, -0.05) is 43.7 Å². The fraction of sp³-hybridized carbons (Fsp3) is 0.391. The summed E-state index contributed by atoms with van der Waals surface area (Å²) >= 11 is 0. The molecule has 0 heterocycles.